The minimum absolute atomic E-state index is 0.155. The second kappa shape index (κ2) is 8.18. The molecule has 2 N–H and O–H groups in total. The maximum absolute atomic E-state index is 6.00. The lowest BCUT2D eigenvalue weighted by Crippen LogP contribution is -2.11. The summed E-state index contributed by atoms with van der Waals surface area (Å²) in [5.41, 5.74) is 6.77. The van der Waals surface area contributed by atoms with Crippen molar-refractivity contribution in [3.8, 4) is 0 Å². The minimum Gasteiger partial charge on any atom is -0.489 e. The largest absolute Gasteiger partial charge is 0.489 e. The number of rotatable bonds is 7. The molecule has 0 saturated carbocycles. The molecule has 2 atom stereocenters. The summed E-state index contributed by atoms with van der Waals surface area (Å²) in [6.45, 7) is 7.42. The number of allylic oxidation sites excluding steroid dienone is 3. The first-order valence-electron chi connectivity index (χ1n) is 8.32. The Morgan fingerprint density at radius 2 is 2.41 bits per heavy atom. The van der Waals surface area contributed by atoms with Crippen LogP contribution in [0.1, 0.15) is 46.5 Å². The van der Waals surface area contributed by atoms with E-state index >= 15 is 0 Å². The Hall–Kier alpha value is -1.55. The molecule has 2 unspecified atom stereocenters. The number of hydrogen-bond donors (Lipinski definition) is 1. The van der Waals surface area contributed by atoms with Crippen LogP contribution in [-0.2, 0) is 9.47 Å². The summed E-state index contributed by atoms with van der Waals surface area (Å²) in [5, 5.41) is 0. The summed E-state index contributed by atoms with van der Waals surface area (Å²) in [6, 6.07) is 0.155. The summed E-state index contributed by atoms with van der Waals surface area (Å²) in [7, 11) is 0. The van der Waals surface area contributed by atoms with E-state index in [0.29, 0.717) is 19.1 Å². The van der Waals surface area contributed by atoms with E-state index in [0.717, 1.165) is 48.7 Å². The number of aliphatic imine (C=N–C) groups is 1. The molecule has 0 aromatic heterocycles. The van der Waals surface area contributed by atoms with Gasteiger partial charge in [0.05, 0.1) is 0 Å². The van der Waals surface area contributed by atoms with E-state index in [-0.39, 0.29) is 6.04 Å². The highest BCUT2D eigenvalue weighted by molar-refractivity contribution is 5.82. The van der Waals surface area contributed by atoms with Crippen LogP contribution in [0.4, 0.5) is 0 Å². The van der Waals surface area contributed by atoms with E-state index in [1.807, 2.05) is 19.1 Å². The first-order chi connectivity index (χ1) is 10.7. The molecular formula is C18H28N2O2. The smallest absolute Gasteiger partial charge is 0.193 e. The molecule has 0 bridgehead atoms. The zero-order valence-electron chi connectivity index (χ0n) is 14.0. The van der Waals surface area contributed by atoms with Gasteiger partial charge in [0.2, 0.25) is 0 Å². The zero-order valence-corrected chi connectivity index (χ0v) is 14.0. The Kier molecular flexibility index (Phi) is 6.25. The van der Waals surface area contributed by atoms with Crippen LogP contribution in [0.2, 0.25) is 0 Å². The van der Waals surface area contributed by atoms with Crippen LogP contribution in [-0.4, -0.2) is 25.1 Å². The predicted octanol–water partition coefficient (Wildman–Crippen LogP) is 3.70. The van der Waals surface area contributed by atoms with E-state index in [2.05, 4.69) is 19.9 Å². The molecule has 0 aromatic rings. The minimum atomic E-state index is 0.155. The number of nitrogens with zero attached hydrogens (tertiary/aromatic N) is 1. The van der Waals surface area contributed by atoms with Gasteiger partial charge in [-0.2, -0.15) is 0 Å². The van der Waals surface area contributed by atoms with Gasteiger partial charge in [0.15, 0.2) is 5.90 Å². The van der Waals surface area contributed by atoms with Crippen LogP contribution >= 0.6 is 0 Å². The van der Waals surface area contributed by atoms with Gasteiger partial charge >= 0.3 is 0 Å². The quantitative estimate of drug-likeness (QED) is 0.730. The maximum atomic E-state index is 6.00. The molecule has 0 amide bonds. The molecule has 2 aliphatic rings. The lowest BCUT2D eigenvalue weighted by Gasteiger charge is -2.11. The van der Waals surface area contributed by atoms with Crippen molar-refractivity contribution in [2.75, 3.05) is 13.2 Å². The van der Waals surface area contributed by atoms with Gasteiger partial charge in [0.25, 0.3) is 0 Å². The molecule has 22 heavy (non-hydrogen) atoms. The molecule has 4 heteroatoms. The molecular weight excluding hydrogens is 276 g/mol. The highest BCUT2D eigenvalue weighted by atomic mass is 16.5. The molecule has 1 aliphatic carbocycles. The first-order valence-corrected chi connectivity index (χ1v) is 8.32. The highest BCUT2D eigenvalue weighted by Crippen LogP contribution is 2.30. The van der Waals surface area contributed by atoms with E-state index < -0.39 is 0 Å². The van der Waals surface area contributed by atoms with E-state index in [4.69, 9.17) is 20.2 Å². The van der Waals surface area contributed by atoms with Gasteiger partial charge in [0, 0.05) is 18.5 Å². The summed E-state index contributed by atoms with van der Waals surface area (Å²) in [5.74, 6) is 3.06. The summed E-state index contributed by atoms with van der Waals surface area (Å²) in [6.07, 6.45) is 10.3. The fraction of sp³-hybridized carbons (Fsp3) is 0.611. The number of nitrogens with two attached hydrogens (primary N) is 1. The molecule has 2 rings (SSSR count). The van der Waals surface area contributed by atoms with Crippen molar-refractivity contribution < 1.29 is 9.47 Å². The van der Waals surface area contributed by atoms with Crippen molar-refractivity contribution in [3.05, 3.63) is 35.3 Å². The van der Waals surface area contributed by atoms with Gasteiger partial charge in [-0.15, -0.1) is 0 Å². The number of ether oxygens (including phenoxy) is 2. The molecule has 122 valence electrons. The molecule has 4 nitrogen and oxygen atoms in total. The summed E-state index contributed by atoms with van der Waals surface area (Å²) in [4.78, 5) is 4.76. The molecule has 1 heterocycles. The predicted molar refractivity (Wildman–Crippen MR) is 90.5 cm³/mol. The molecule has 0 fully saturated rings. The Morgan fingerprint density at radius 3 is 3.09 bits per heavy atom. The van der Waals surface area contributed by atoms with Crippen LogP contribution in [0.25, 0.3) is 0 Å². The van der Waals surface area contributed by atoms with Crippen molar-refractivity contribution in [1.82, 2.24) is 0 Å². The van der Waals surface area contributed by atoms with Crippen molar-refractivity contribution >= 4 is 5.90 Å². The summed E-state index contributed by atoms with van der Waals surface area (Å²) >= 11 is 0. The lowest BCUT2D eigenvalue weighted by molar-refractivity contribution is 0.248. The van der Waals surface area contributed by atoms with Crippen LogP contribution in [0.15, 0.2) is 40.3 Å². The average molecular weight is 304 g/mol. The fourth-order valence-corrected chi connectivity index (χ4v) is 2.67. The van der Waals surface area contributed by atoms with E-state index in [1.54, 1.807) is 0 Å². The Bertz CT molecular complexity index is 503. The molecule has 1 aliphatic heterocycles. The zero-order chi connectivity index (χ0) is 15.9. The Labute approximate surface area is 133 Å². The Balaban J connectivity index is 2.00. The number of hydrogen-bond acceptors (Lipinski definition) is 4. The third kappa shape index (κ3) is 4.23. The maximum Gasteiger partial charge on any atom is 0.193 e. The van der Waals surface area contributed by atoms with Crippen molar-refractivity contribution in [2.24, 2.45) is 16.6 Å². The third-order valence-electron chi connectivity index (χ3n) is 4.14. The van der Waals surface area contributed by atoms with Gasteiger partial charge < -0.3 is 15.2 Å². The van der Waals surface area contributed by atoms with Gasteiger partial charge in [-0.3, -0.25) is 0 Å². The van der Waals surface area contributed by atoms with Crippen LogP contribution < -0.4 is 5.73 Å². The topological polar surface area (TPSA) is 56.8 Å². The Morgan fingerprint density at radius 1 is 1.59 bits per heavy atom. The van der Waals surface area contributed by atoms with E-state index in [9.17, 15) is 0 Å². The van der Waals surface area contributed by atoms with Gasteiger partial charge in [-0.1, -0.05) is 26.3 Å². The first kappa shape index (κ1) is 16.8. The molecule has 0 spiro atoms. The van der Waals surface area contributed by atoms with Crippen LogP contribution in [0.5, 0.6) is 0 Å². The van der Waals surface area contributed by atoms with Crippen molar-refractivity contribution in [2.45, 2.75) is 52.5 Å². The third-order valence-corrected chi connectivity index (χ3v) is 4.14. The molecule has 0 radical (unpaired) electrons. The van der Waals surface area contributed by atoms with E-state index in [1.165, 1.54) is 0 Å². The second-order valence-corrected chi connectivity index (χ2v) is 5.95. The van der Waals surface area contributed by atoms with Gasteiger partial charge in [-0.05, 0) is 37.8 Å². The summed E-state index contributed by atoms with van der Waals surface area (Å²) < 4.78 is 11.9. The van der Waals surface area contributed by atoms with Crippen molar-refractivity contribution in [3.63, 3.8) is 0 Å². The van der Waals surface area contributed by atoms with Crippen LogP contribution in [0, 0.1) is 5.92 Å². The molecule has 0 aromatic carbocycles. The second-order valence-electron chi connectivity index (χ2n) is 5.95. The monoisotopic (exact) mass is 304 g/mol. The fourth-order valence-electron chi connectivity index (χ4n) is 2.67. The van der Waals surface area contributed by atoms with Crippen LogP contribution in [0.3, 0.4) is 0 Å². The standard InChI is InChI=1S/C18H28N2O2/c1-4-7-13(3)18-20-16-9-6-8-15(10-17(16)22-18)21-12-14(5-2)11-19/h5,8,10,13,16H,4,6-7,9,11-12,19H2,1-3H3/b14-5+. The van der Waals surface area contributed by atoms with Gasteiger partial charge in [-0.25, -0.2) is 4.99 Å². The van der Waals surface area contributed by atoms with Crippen molar-refractivity contribution in [1.29, 1.82) is 0 Å². The molecule has 0 saturated heterocycles. The average Bonchev–Trinajstić information content (AvgIpc) is 2.82. The lowest BCUT2D eigenvalue weighted by atomic mass is 10.1. The number of fused-ring (bicyclic) bond motifs is 1. The highest BCUT2D eigenvalue weighted by Gasteiger charge is 2.29. The normalized spacial score (nSPS) is 22.8. The SMILES string of the molecule is C/C=C(\CN)COC1=CCCC2N=C(C(C)CCC)OC2=C1. The van der Waals surface area contributed by atoms with Gasteiger partial charge in [0.1, 0.15) is 24.2 Å².